The Kier molecular flexibility index (Phi) is 8.27. The number of anilines is 1. The van der Waals surface area contributed by atoms with Crippen molar-refractivity contribution in [2.75, 3.05) is 4.90 Å². The van der Waals surface area contributed by atoms with Crippen molar-refractivity contribution in [1.82, 2.24) is 9.88 Å². The second kappa shape index (κ2) is 13.9. The Balaban J connectivity index is 0.984. The van der Waals surface area contributed by atoms with Crippen molar-refractivity contribution in [3.63, 3.8) is 0 Å². The van der Waals surface area contributed by atoms with Crippen LogP contribution in [0.5, 0.6) is 0 Å². The molecule has 11 rings (SSSR count). The quantitative estimate of drug-likeness (QED) is 0.188. The second-order valence-electron chi connectivity index (χ2n) is 16.2. The van der Waals surface area contributed by atoms with Gasteiger partial charge in [-0.3, -0.25) is 0 Å². The fourth-order valence-corrected chi connectivity index (χ4v) is 10.3. The van der Waals surface area contributed by atoms with Crippen LogP contribution in [-0.4, -0.2) is 16.7 Å². The number of aryl methyl sites for hydroxylation is 1. The largest absolute Gasteiger partial charge is 0.361 e. The van der Waals surface area contributed by atoms with Gasteiger partial charge in [-0.15, -0.1) is 0 Å². The van der Waals surface area contributed by atoms with Gasteiger partial charge in [0.05, 0.1) is 11.6 Å². The van der Waals surface area contributed by atoms with Crippen LogP contribution in [0.4, 0.5) is 5.69 Å². The van der Waals surface area contributed by atoms with Crippen molar-refractivity contribution in [2.45, 2.75) is 69.1 Å². The maximum atomic E-state index is 4.01. The Morgan fingerprint density at radius 2 is 1.46 bits per heavy atom. The van der Waals surface area contributed by atoms with Crippen LogP contribution in [0.2, 0.25) is 0 Å². The van der Waals surface area contributed by atoms with E-state index in [4.69, 9.17) is 0 Å². The molecule has 1 aromatic heterocycles. The number of hydrogen-bond acceptors (Lipinski definition) is 2. The fraction of sp³-hybridized carbons (Fsp3) is 0.208. The first-order valence-electron chi connectivity index (χ1n) is 20.7. The summed E-state index contributed by atoms with van der Waals surface area (Å²) in [5, 5.41) is 5.38. The molecule has 274 valence electrons. The number of rotatable bonds is 6. The minimum Gasteiger partial charge on any atom is -0.361 e. The van der Waals surface area contributed by atoms with E-state index in [1.807, 2.05) is 0 Å². The predicted octanol–water partition coefficient (Wildman–Crippen LogP) is 12.6. The van der Waals surface area contributed by atoms with Crippen LogP contribution in [0.3, 0.4) is 0 Å². The van der Waals surface area contributed by atoms with Crippen molar-refractivity contribution >= 4 is 33.8 Å². The van der Waals surface area contributed by atoms with Crippen molar-refractivity contribution in [1.29, 1.82) is 0 Å². The molecule has 0 amide bonds. The van der Waals surface area contributed by atoms with Gasteiger partial charge in [0.1, 0.15) is 6.17 Å². The zero-order valence-electron chi connectivity index (χ0n) is 31.8. The van der Waals surface area contributed by atoms with E-state index in [1.54, 1.807) is 0 Å². The molecule has 0 saturated heterocycles. The Morgan fingerprint density at radius 3 is 2.29 bits per heavy atom. The number of nitrogens with one attached hydrogen (secondary N) is 1. The molecule has 1 N–H and O–H groups in total. The lowest BCUT2D eigenvalue weighted by Gasteiger charge is -2.38. The molecule has 4 aliphatic carbocycles. The third kappa shape index (κ3) is 5.72. The minimum absolute atomic E-state index is 0.0360. The summed E-state index contributed by atoms with van der Waals surface area (Å²) >= 11 is 0. The van der Waals surface area contributed by atoms with E-state index in [0.717, 1.165) is 38.5 Å². The molecule has 0 radical (unpaired) electrons. The summed E-state index contributed by atoms with van der Waals surface area (Å²) in [6.45, 7) is 0. The van der Waals surface area contributed by atoms with Crippen LogP contribution in [0.1, 0.15) is 78.6 Å². The van der Waals surface area contributed by atoms with E-state index in [9.17, 15) is 0 Å². The highest BCUT2D eigenvalue weighted by Gasteiger charge is 2.40. The Hall–Kier alpha value is -6.06. The molecule has 0 bridgehead atoms. The Morgan fingerprint density at radius 1 is 0.661 bits per heavy atom. The lowest BCUT2D eigenvalue weighted by molar-refractivity contribution is 0.516. The first-order chi connectivity index (χ1) is 27.8. The van der Waals surface area contributed by atoms with Crippen LogP contribution in [-0.2, 0) is 6.42 Å². The summed E-state index contributed by atoms with van der Waals surface area (Å²) in [5.41, 5.74) is 17.3. The van der Waals surface area contributed by atoms with Gasteiger partial charge in [-0.1, -0.05) is 134 Å². The van der Waals surface area contributed by atoms with Crippen molar-refractivity contribution in [3.8, 4) is 11.1 Å². The lowest BCUT2D eigenvalue weighted by Crippen LogP contribution is -2.42. The smallest absolute Gasteiger partial charge is 0.124 e. The summed E-state index contributed by atoms with van der Waals surface area (Å²) in [7, 11) is 0. The van der Waals surface area contributed by atoms with E-state index in [0.29, 0.717) is 18.0 Å². The average Bonchev–Trinajstić information content (AvgIpc) is 3.79. The third-order valence-electron chi connectivity index (χ3n) is 13.0. The molecule has 0 fully saturated rings. The van der Waals surface area contributed by atoms with Gasteiger partial charge < -0.3 is 14.8 Å². The van der Waals surface area contributed by atoms with E-state index >= 15 is 0 Å². The molecular weight excluding hydrogens is 679 g/mol. The van der Waals surface area contributed by atoms with E-state index in [1.165, 1.54) is 84.5 Å². The molecule has 3 heterocycles. The number of dihydropyridines is 1. The average molecular weight is 726 g/mol. The van der Waals surface area contributed by atoms with Gasteiger partial charge in [-0.25, -0.2) is 0 Å². The number of fused-ring (bicyclic) bond motifs is 6. The highest BCUT2D eigenvalue weighted by Crippen LogP contribution is 2.49. The van der Waals surface area contributed by atoms with Gasteiger partial charge in [0.25, 0.3) is 0 Å². The standard InChI is InChI=1S/C53H47N3/c1-4-14-36(15-5-1)38-24-28-43(29-25-38)55-49-22-12-11-21-45(49)47-32-40(27-31-51(47)55)41-26-30-46-44-20-10-13-23-50(44)56(52(46)34-41)53-35-42(37-16-6-2-7-17-37)33-48(54-53)39-18-8-3-9-19-39/h1-2,4-8,11-19,21-24,26-27,30-35,43,45,49,53-54H,3,9-10,20,25,28-29H2. The van der Waals surface area contributed by atoms with E-state index < -0.39 is 0 Å². The number of nitrogens with zero attached hydrogens (tertiary/aromatic N) is 2. The van der Waals surface area contributed by atoms with Gasteiger partial charge in [-0.2, -0.15) is 0 Å². The predicted molar refractivity (Wildman–Crippen MR) is 235 cm³/mol. The number of hydrogen-bond donors (Lipinski definition) is 1. The molecule has 6 aliphatic rings. The minimum atomic E-state index is -0.0360. The van der Waals surface area contributed by atoms with Crippen LogP contribution in [0, 0.1) is 0 Å². The Labute approximate surface area is 330 Å². The molecule has 3 nitrogen and oxygen atoms in total. The zero-order valence-corrected chi connectivity index (χ0v) is 31.8. The SMILES string of the molecule is C1=CC2c3cc(-c4ccc5c6c(n(C7C=C(c8ccccc8)C=C(C8=CCCC=C8)N7)c5c4)C=CCC6)ccc3N(C3CC=C(c4ccccc4)CC3)C2C=C1. The van der Waals surface area contributed by atoms with Crippen molar-refractivity contribution < 1.29 is 0 Å². The summed E-state index contributed by atoms with van der Waals surface area (Å²) in [5.74, 6) is 0.362. The van der Waals surface area contributed by atoms with E-state index in [2.05, 4.69) is 185 Å². The van der Waals surface area contributed by atoms with Gasteiger partial charge >= 0.3 is 0 Å². The first-order valence-corrected chi connectivity index (χ1v) is 20.7. The molecule has 4 unspecified atom stereocenters. The van der Waals surface area contributed by atoms with Gasteiger partial charge in [0, 0.05) is 34.4 Å². The molecule has 4 atom stereocenters. The van der Waals surface area contributed by atoms with Crippen LogP contribution < -0.4 is 10.2 Å². The summed E-state index contributed by atoms with van der Waals surface area (Å²) < 4.78 is 2.58. The molecule has 3 heteroatoms. The number of allylic oxidation sites excluding steroid dienone is 9. The molecule has 2 aliphatic heterocycles. The fourth-order valence-electron chi connectivity index (χ4n) is 10.3. The summed E-state index contributed by atoms with van der Waals surface area (Å²) in [4.78, 5) is 2.75. The molecule has 0 spiro atoms. The van der Waals surface area contributed by atoms with Crippen molar-refractivity contribution in [2.24, 2.45) is 0 Å². The monoisotopic (exact) mass is 725 g/mol. The zero-order chi connectivity index (χ0) is 37.0. The van der Waals surface area contributed by atoms with Gasteiger partial charge in [0.2, 0.25) is 0 Å². The number of benzene rings is 4. The maximum absolute atomic E-state index is 4.01. The van der Waals surface area contributed by atoms with Crippen molar-refractivity contribution in [3.05, 3.63) is 203 Å². The molecular formula is C53H47N3. The highest BCUT2D eigenvalue weighted by atomic mass is 15.2. The maximum Gasteiger partial charge on any atom is 0.124 e. The highest BCUT2D eigenvalue weighted by molar-refractivity contribution is 5.93. The molecule has 0 saturated carbocycles. The van der Waals surface area contributed by atoms with Crippen LogP contribution in [0.25, 0.3) is 39.3 Å². The first kappa shape index (κ1) is 33.3. The summed E-state index contributed by atoms with van der Waals surface area (Å²) in [6, 6.07) is 37.2. The van der Waals surface area contributed by atoms with Gasteiger partial charge in [0.15, 0.2) is 0 Å². The summed E-state index contributed by atoms with van der Waals surface area (Å²) in [6.07, 6.45) is 36.0. The van der Waals surface area contributed by atoms with Crippen LogP contribution in [0.15, 0.2) is 175 Å². The van der Waals surface area contributed by atoms with Gasteiger partial charge in [-0.05, 0) is 131 Å². The second-order valence-corrected chi connectivity index (χ2v) is 16.2. The molecule has 56 heavy (non-hydrogen) atoms. The van der Waals surface area contributed by atoms with Crippen LogP contribution >= 0.6 is 0 Å². The molecule has 5 aromatic rings. The van der Waals surface area contributed by atoms with E-state index in [-0.39, 0.29) is 6.17 Å². The number of aromatic nitrogens is 1. The third-order valence-corrected chi connectivity index (χ3v) is 13.0. The topological polar surface area (TPSA) is 20.2 Å². The lowest BCUT2D eigenvalue weighted by atomic mass is 9.88. The normalized spacial score (nSPS) is 23.5. The molecule has 4 aromatic carbocycles. The Bertz CT molecular complexity index is 2600.